The highest BCUT2D eigenvalue weighted by molar-refractivity contribution is 8.26. The van der Waals surface area contributed by atoms with E-state index in [0.29, 0.717) is 49.8 Å². The third-order valence-electron chi connectivity index (χ3n) is 5.33. The lowest BCUT2D eigenvalue weighted by atomic mass is 10.0. The number of amides is 1. The molecule has 1 amide bonds. The van der Waals surface area contributed by atoms with Crippen LogP contribution >= 0.6 is 24.0 Å². The minimum Gasteiger partial charge on any atom is -0.480 e. The molecule has 2 aliphatic rings. The Bertz CT molecular complexity index is 1080. The summed E-state index contributed by atoms with van der Waals surface area (Å²) in [5.41, 5.74) is 0.756. The first kappa shape index (κ1) is 24.0. The number of ether oxygens (including phenoxy) is 1. The maximum Gasteiger partial charge on any atom is 0.323 e. The quantitative estimate of drug-likeness (QED) is 0.466. The fourth-order valence-electron chi connectivity index (χ4n) is 3.69. The number of thioether (sulfide) groups is 1. The molecule has 2 saturated heterocycles. The largest absolute Gasteiger partial charge is 0.480 e. The molecular weight excluding hydrogens is 452 g/mol. The first-order valence-corrected chi connectivity index (χ1v) is 11.5. The van der Waals surface area contributed by atoms with Crippen LogP contribution in [-0.4, -0.2) is 63.6 Å². The molecule has 1 N–H and O–H groups in total. The Hall–Kier alpha value is -2.68. The van der Waals surface area contributed by atoms with Gasteiger partial charge in [0.2, 0.25) is 0 Å². The van der Waals surface area contributed by atoms with E-state index >= 15 is 0 Å². The number of anilines is 1. The highest BCUT2D eigenvalue weighted by Gasteiger charge is 2.34. The molecular formula is C21H24N4O5S2. The van der Waals surface area contributed by atoms with Crippen LogP contribution in [0.4, 0.5) is 5.82 Å². The van der Waals surface area contributed by atoms with E-state index in [9.17, 15) is 19.6 Å². The smallest absolute Gasteiger partial charge is 0.323 e. The van der Waals surface area contributed by atoms with Gasteiger partial charge in [0, 0.05) is 25.2 Å². The number of nitriles is 1. The Balaban J connectivity index is 2.21. The van der Waals surface area contributed by atoms with E-state index in [1.165, 1.54) is 0 Å². The summed E-state index contributed by atoms with van der Waals surface area (Å²) >= 11 is 6.22. The normalized spacial score (nSPS) is 17.8. The van der Waals surface area contributed by atoms with Crippen molar-refractivity contribution in [3.05, 3.63) is 31.9 Å². The van der Waals surface area contributed by atoms with Gasteiger partial charge in [-0.1, -0.05) is 37.3 Å². The molecule has 1 aromatic rings. The van der Waals surface area contributed by atoms with Gasteiger partial charge in [0.05, 0.1) is 18.1 Å². The number of hydrogen-bond donors (Lipinski definition) is 1. The van der Waals surface area contributed by atoms with Crippen LogP contribution in [0.3, 0.4) is 0 Å². The average molecular weight is 477 g/mol. The van der Waals surface area contributed by atoms with Crippen molar-refractivity contribution in [1.82, 2.24) is 9.47 Å². The second-order valence-corrected chi connectivity index (χ2v) is 9.10. The zero-order chi connectivity index (χ0) is 23.4. The number of rotatable bonds is 7. The van der Waals surface area contributed by atoms with E-state index in [4.69, 9.17) is 22.1 Å². The van der Waals surface area contributed by atoms with Crippen molar-refractivity contribution in [3.63, 3.8) is 0 Å². The van der Waals surface area contributed by atoms with Crippen LogP contribution in [-0.2, 0) is 20.9 Å². The number of carbonyl (C=O) groups is 2. The van der Waals surface area contributed by atoms with Gasteiger partial charge in [0.15, 0.2) is 0 Å². The van der Waals surface area contributed by atoms with Crippen LogP contribution < -0.4 is 10.5 Å². The lowest BCUT2D eigenvalue weighted by Crippen LogP contribution is -2.41. The third kappa shape index (κ3) is 4.72. The molecule has 3 heterocycles. The topological polar surface area (TPSA) is 116 Å². The molecule has 0 radical (unpaired) electrons. The second kappa shape index (κ2) is 10.3. The summed E-state index contributed by atoms with van der Waals surface area (Å²) < 4.78 is 7.25. The van der Waals surface area contributed by atoms with Gasteiger partial charge in [-0.15, -0.1) is 0 Å². The molecule has 3 rings (SSSR count). The molecule has 32 heavy (non-hydrogen) atoms. The summed E-state index contributed by atoms with van der Waals surface area (Å²) in [6, 6.07) is 2.02. The van der Waals surface area contributed by atoms with Crippen molar-refractivity contribution >= 4 is 52.1 Å². The molecule has 1 aromatic heterocycles. The molecule has 11 heteroatoms. The summed E-state index contributed by atoms with van der Waals surface area (Å²) in [7, 11) is 0. The predicted octanol–water partition coefficient (Wildman–Crippen LogP) is 1.95. The predicted molar refractivity (Wildman–Crippen MR) is 126 cm³/mol. The average Bonchev–Trinajstić information content (AvgIpc) is 3.02. The molecule has 0 spiro atoms. The van der Waals surface area contributed by atoms with E-state index in [2.05, 4.69) is 0 Å². The van der Waals surface area contributed by atoms with Crippen molar-refractivity contribution < 1.29 is 19.4 Å². The van der Waals surface area contributed by atoms with Crippen LogP contribution in [0.5, 0.6) is 0 Å². The fourth-order valence-corrected chi connectivity index (χ4v) is 4.92. The number of carboxylic acid groups (broad SMARTS) is 1. The van der Waals surface area contributed by atoms with Crippen LogP contribution in [0.15, 0.2) is 9.70 Å². The second-order valence-electron chi connectivity index (χ2n) is 7.42. The summed E-state index contributed by atoms with van der Waals surface area (Å²) in [5.74, 6) is -1.01. The van der Waals surface area contributed by atoms with Gasteiger partial charge in [0.25, 0.3) is 11.5 Å². The SMILES string of the molecule is CCCCn1c(N2CCOCC2)c(/C=C2/SC(=S)N(CC(=O)O)C2=O)c(C)c(C#N)c1=O. The molecule has 0 unspecified atom stereocenters. The number of carbonyl (C=O) groups excluding carboxylic acids is 1. The molecule has 9 nitrogen and oxygen atoms in total. The monoisotopic (exact) mass is 476 g/mol. The minimum atomic E-state index is -1.16. The van der Waals surface area contributed by atoms with Gasteiger partial charge in [-0.25, -0.2) is 0 Å². The van der Waals surface area contributed by atoms with Gasteiger partial charge in [-0.3, -0.25) is 23.9 Å². The van der Waals surface area contributed by atoms with Crippen LogP contribution in [0.2, 0.25) is 0 Å². The first-order valence-electron chi connectivity index (χ1n) is 10.3. The zero-order valence-electron chi connectivity index (χ0n) is 17.9. The standard InChI is InChI=1S/C21H24N4O5S2/c1-3-4-5-24-18(23-6-8-30-9-7-23)14(13(2)15(11-22)19(24)28)10-16-20(29)25(12-17(26)27)21(31)32-16/h10H,3-9,12H2,1-2H3,(H,26,27)/b16-10+. The lowest BCUT2D eigenvalue weighted by Gasteiger charge is -2.33. The number of unbranched alkanes of at least 4 members (excludes halogenated alkanes) is 1. The number of hydrogen-bond acceptors (Lipinski definition) is 8. The molecule has 0 saturated carbocycles. The van der Waals surface area contributed by atoms with E-state index in [1.807, 2.05) is 17.9 Å². The van der Waals surface area contributed by atoms with Crippen molar-refractivity contribution in [2.75, 3.05) is 37.7 Å². The van der Waals surface area contributed by atoms with E-state index in [0.717, 1.165) is 29.5 Å². The number of aliphatic carboxylic acids is 1. The molecule has 0 aliphatic carbocycles. The summed E-state index contributed by atoms with van der Waals surface area (Å²) in [4.78, 5) is 40.5. The van der Waals surface area contributed by atoms with Crippen molar-refractivity contribution in [2.24, 2.45) is 0 Å². The van der Waals surface area contributed by atoms with Gasteiger partial charge >= 0.3 is 5.97 Å². The third-order valence-corrected chi connectivity index (χ3v) is 6.71. The van der Waals surface area contributed by atoms with Crippen LogP contribution in [0, 0.1) is 18.3 Å². The molecule has 2 aliphatic heterocycles. The van der Waals surface area contributed by atoms with Crippen molar-refractivity contribution in [3.8, 4) is 6.07 Å². The maximum atomic E-state index is 13.2. The maximum absolute atomic E-state index is 13.2. The Morgan fingerprint density at radius 3 is 2.62 bits per heavy atom. The Morgan fingerprint density at radius 1 is 1.34 bits per heavy atom. The number of aromatic nitrogens is 1. The summed E-state index contributed by atoms with van der Waals surface area (Å²) in [6.45, 7) is 5.78. The Labute approximate surface area is 195 Å². The number of morpholine rings is 1. The summed E-state index contributed by atoms with van der Waals surface area (Å²) in [6.07, 6.45) is 3.25. The van der Waals surface area contributed by atoms with E-state index in [1.54, 1.807) is 17.6 Å². The van der Waals surface area contributed by atoms with Gasteiger partial charge in [-0.2, -0.15) is 5.26 Å². The molecule has 0 bridgehead atoms. The number of thiocarbonyl (C=S) groups is 1. The highest BCUT2D eigenvalue weighted by Crippen LogP contribution is 2.36. The fraction of sp³-hybridized carbons (Fsp3) is 0.476. The zero-order valence-corrected chi connectivity index (χ0v) is 19.6. The van der Waals surface area contributed by atoms with E-state index in [-0.39, 0.29) is 20.3 Å². The number of pyridine rings is 1. The number of carboxylic acids is 1. The Morgan fingerprint density at radius 2 is 2.03 bits per heavy atom. The van der Waals surface area contributed by atoms with Gasteiger partial charge in [0.1, 0.15) is 28.3 Å². The molecule has 0 aromatic carbocycles. The minimum absolute atomic E-state index is 0.0328. The summed E-state index contributed by atoms with van der Waals surface area (Å²) in [5, 5.41) is 18.8. The van der Waals surface area contributed by atoms with Crippen LogP contribution in [0.25, 0.3) is 6.08 Å². The lowest BCUT2D eigenvalue weighted by molar-refractivity contribution is -0.140. The van der Waals surface area contributed by atoms with Crippen molar-refractivity contribution in [1.29, 1.82) is 5.26 Å². The molecule has 2 fully saturated rings. The van der Waals surface area contributed by atoms with Gasteiger partial charge < -0.3 is 14.7 Å². The number of nitrogens with zero attached hydrogens (tertiary/aromatic N) is 4. The molecule has 0 atom stereocenters. The van der Waals surface area contributed by atoms with Gasteiger partial charge in [-0.05, 0) is 25.0 Å². The first-order chi connectivity index (χ1) is 15.3. The van der Waals surface area contributed by atoms with Crippen LogP contribution in [0.1, 0.15) is 36.5 Å². The molecule has 170 valence electrons. The van der Waals surface area contributed by atoms with E-state index < -0.39 is 18.4 Å². The van der Waals surface area contributed by atoms with Crippen molar-refractivity contribution in [2.45, 2.75) is 33.2 Å². The highest BCUT2D eigenvalue weighted by atomic mass is 32.2. The Kier molecular flexibility index (Phi) is 7.71.